The number of nitrogens with two attached hydrogens (primary N) is 1. The summed E-state index contributed by atoms with van der Waals surface area (Å²) in [5.41, 5.74) is 3.49. The van der Waals surface area contributed by atoms with Crippen LogP contribution in [0.3, 0.4) is 0 Å². The van der Waals surface area contributed by atoms with Gasteiger partial charge in [-0.1, -0.05) is 19.9 Å². The second-order valence-corrected chi connectivity index (χ2v) is 9.41. The fourth-order valence-electron chi connectivity index (χ4n) is 2.99. The van der Waals surface area contributed by atoms with E-state index in [1.165, 1.54) is 7.11 Å². The van der Waals surface area contributed by atoms with E-state index in [-0.39, 0.29) is 11.3 Å². The van der Waals surface area contributed by atoms with Crippen molar-refractivity contribution in [1.29, 1.82) is 0 Å². The van der Waals surface area contributed by atoms with Crippen LogP contribution in [0.2, 0.25) is 0 Å². The zero-order chi connectivity index (χ0) is 19.8. The third-order valence-electron chi connectivity index (χ3n) is 4.67. The van der Waals surface area contributed by atoms with E-state index in [4.69, 9.17) is 10.5 Å². The quantitative estimate of drug-likeness (QED) is 0.347. The molecule has 0 aromatic heterocycles. The number of halogens is 5. The van der Waals surface area contributed by atoms with Crippen molar-refractivity contribution in [2.24, 2.45) is 17.3 Å². The lowest BCUT2D eigenvalue weighted by molar-refractivity contribution is -0.147. The van der Waals surface area contributed by atoms with Gasteiger partial charge in [0.05, 0.1) is 32.7 Å². The summed E-state index contributed by atoms with van der Waals surface area (Å²) in [6, 6.07) is 0. The minimum atomic E-state index is -1.40. The Labute approximate surface area is 166 Å². The lowest BCUT2D eigenvalue weighted by atomic mass is 10.1. The maximum Gasteiger partial charge on any atom is 0.310 e. The molecule has 0 spiro atoms. The van der Waals surface area contributed by atoms with Gasteiger partial charge in [0.15, 0.2) is 17.5 Å². The van der Waals surface area contributed by atoms with Gasteiger partial charge in [0, 0.05) is 7.11 Å². The molecule has 2 rings (SSSR count). The van der Waals surface area contributed by atoms with Crippen molar-refractivity contribution in [3.05, 3.63) is 38.0 Å². The van der Waals surface area contributed by atoms with Gasteiger partial charge in [0.2, 0.25) is 0 Å². The molecule has 1 aliphatic carbocycles. The second kappa shape index (κ2) is 7.90. The molecule has 2 N–H and O–H groups in total. The molecule has 0 radical (unpaired) electrons. The molecule has 2 atom stereocenters. The van der Waals surface area contributed by atoms with E-state index in [0.717, 1.165) is 0 Å². The lowest BCUT2D eigenvalue weighted by Gasteiger charge is -2.14. The van der Waals surface area contributed by atoms with Crippen LogP contribution in [-0.4, -0.2) is 13.1 Å². The Kier molecular flexibility index (Phi) is 6.45. The number of allylic oxidation sites excluding steroid dienone is 1. The monoisotopic (exact) mass is 499 g/mol. The zero-order valence-electron chi connectivity index (χ0n) is 14.3. The average Bonchev–Trinajstić information content (AvgIpc) is 3.09. The van der Waals surface area contributed by atoms with Crippen molar-refractivity contribution in [2.75, 3.05) is 12.8 Å². The first kappa shape index (κ1) is 21.2. The number of hydrogen-bond donors (Lipinski definition) is 1. The van der Waals surface area contributed by atoms with E-state index in [0.29, 0.717) is 3.39 Å². The summed E-state index contributed by atoms with van der Waals surface area (Å²) in [6.45, 7) is 2.65. The van der Waals surface area contributed by atoms with Gasteiger partial charge in [-0.05, 0) is 43.2 Å². The smallest absolute Gasteiger partial charge is 0.310 e. The Morgan fingerprint density at radius 2 is 1.73 bits per heavy atom. The van der Waals surface area contributed by atoms with Crippen molar-refractivity contribution >= 4 is 43.5 Å². The molecule has 0 saturated heterocycles. The number of hydrogen-bond acceptors (Lipinski definition) is 4. The number of benzene rings is 1. The minimum Gasteiger partial charge on any atom is -0.460 e. The van der Waals surface area contributed by atoms with Crippen LogP contribution in [-0.2, 0) is 27.5 Å². The average molecular weight is 501 g/mol. The van der Waals surface area contributed by atoms with Crippen LogP contribution in [0.15, 0.2) is 9.47 Å². The van der Waals surface area contributed by atoms with Gasteiger partial charge in [-0.2, -0.15) is 0 Å². The van der Waals surface area contributed by atoms with E-state index in [1.807, 2.05) is 19.9 Å². The minimum absolute atomic E-state index is 0.0801. The Morgan fingerprint density at radius 3 is 2.27 bits per heavy atom. The molecule has 0 bridgehead atoms. The number of esters is 1. The molecule has 9 heteroatoms. The van der Waals surface area contributed by atoms with Gasteiger partial charge in [-0.15, -0.1) is 0 Å². The number of carbonyl (C=O) groups is 1. The molecule has 4 nitrogen and oxygen atoms in total. The third-order valence-corrected chi connectivity index (χ3v) is 5.20. The second-order valence-electron chi connectivity index (χ2n) is 6.63. The molecule has 0 amide bonds. The molecule has 0 aliphatic heterocycles. The highest BCUT2D eigenvalue weighted by Gasteiger charge is 2.61. The van der Waals surface area contributed by atoms with Crippen molar-refractivity contribution in [3.63, 3.8) is 0 Å². The SMILES string of the molecule is COCc1c(F)c(N)c(COC(=O)[C@@H]2[C@H](C=C(Br)Br)C2(C)C)c(F)c1F. The molecule has 1 fully saturated rings. The molecule has 26 heavy (non-hydrogen) atoms. The molecular formula is C17H18Br2F3NO3. The predicted molar refractivity (Wildman–Crippen MR) is 97.9 cm³/mol. The summed E-state index contributed by atoms with van der Waals surface area (Å²) in [6.07, 6.45) is 1.82. The standard InChI is InChI=1S/C17H18Br2F3NO3/c1-17(2)9(4-10(18)19)11(17)16(24)26-6-8-13(21)12(20)7(5-25-3)14(22)15(8)23/h4,9,11H,5-6,23H2,1-3H3/t9-,11-/m0/s1. The molecule has 1 saturated carbocycles. The Bertz CT molecular complexity index is 735. The largest absolute Gasteiger partial charge is 0.460 e. The van der Waals surface area contributed by atoms with Gasteiger partial charge < -0.3 is 15.2 Å². The van der Waals surface area contributed by atoms with E-state index in [2.05, 4.69) is 36.6 Å². The van der Waals surface area contributed by atoms with E-state index >= 15 is 0 Å². The summed E-state index contributed by atoms with van der Waals surface area (Å²) in [4.78, 5) is 12.3. The van der Waals surface area contributed by atoms with Crippen molar-refractivity contribution < 1.29 is 27.4 Å². The first-order valence-electron chi connectivity index (χ1n) is 7.66. The number of nitrogen functional groups attached to an aromatic ring is 1. The predicted octanol–water partition coefficient (Wildman–Crippen LogP) is 4.78. The molecule has 0 heterocycles. The van der Waals surface area contributed by atoms with Crippen LogP contribution in [0.4, 0.5) is 18.9 Å². The normalized spacial score (nSPS) is 20.6. The number of carbonyl (C=O) groups excluding carboxylic acids is 1. The highest BCUT2D eigenvalue weighted by molar-refractivity contribution is 9.28. The zero-order valence-corrected chi connectivity index (χ0v) is 17.5. The Morgan fingerprint density at radius 1 is 1.15 bits per heavy atom. The fourth-order valence-corrected chi connectivity index (χ4v) is 3.56. The first-order chi connectivity index (χ1) is 12.0. The van der Waals surface area contributed by atoms with Gasteiger partial charge in [-0.3, -0.25) is 4.79 Å². The summed E-state index contributed by atoms with van der Waals surface area (Å²) in [7, 11) is 1.22. The van der Waals surface area contributed by atoms with E-state index in [1.54, 1.807) is 0 Å². The van der Waals surface area contributed by atoms with Crippen LogP contribution >= 0.6 is 31.9 Å². The maximum absolute atomic E-state index is 14.2. The number of rotatable bonds is 6. The summed E-state index contributed by atoms with van der Waals surface area (Å²) < 4.78 is 52.8. The molecule has 1 aromatic rings. The van der Waals surface area contributed by atoms with Crippen LogP contribution < -0.4 is 5.73 Å². The van der Waals surface area contributed by atoms with Crippen molar-refractivity contribution in [3.8, 4) is 0 Å². The van der Waals surface area contributed by atoms with E-state index < -0.39 is 59.4 Å². The Balaban J connectivity index is 2.18. The summed E-state index contributed by atoms with van der Waals surface area (Å²) in [5, 5.41) is 0. The van der Waals surface area contributed by atoms with Crippen LogP contribution in [0.25, 0.3) is 0 Å². The van der Waals surface area contributed by atoms with Crippen LogP contribution in [0, 0.1) is 34.7 Å². The molecule has 144 valence electrons. The topological polar surface area (TPSA) is 61.6 Å². The van der Waals surface area contributed by atoms with Crippen LogP contribution in [0.5, 0.6) is 0 Å². The number of anilines is 1. The molecule has 0 unspecified atom stereocenters. The highest BCUT2D eigenvalue weighted by atomic mass is 79.9. The van der Waals surface area contributed by atoms with Crippen molar-refractivity contribution in [1.82, 2.24) is 0 Å². The summed E-state index contributed by atoms with van der Waals surface area (Å²) in [5.74, 6) is -4.98. The number of methoxy groups -OCH3 is 1. The fraction of sp³-hybridized carbons (Fsp3) is 0.471. The molecule has 1 aromatic carbocycles. The van der Waals surface area contributed by atoms with Gasteiger partial charge in [-0.25, -0.2) is 13.2 Å². The highest BCUT2D eigenvalue weighted by Crippen LogP contribution is 2.60. The van der Waals surface area contributed by atoms with E-state index in [9.17, 15) is 18.0 Å². The van der Waals surface area contributed by atoms with Crippen LogP contribution in [0.1, 0.15) is 25.0 Å². The maximum atomic E-state index is 14.2. The first-order valence-corrected chi connectivity index (χ1v) is 9.24. The Hall–Kier alpha value is -1.06. The third kappa shape index (κ3) is 3.94. The van der Waals surface area contributed by atoms with Gasteiger partial charge in [0.25, 0.3) is 0 Å². The van der Waals surface area contributed by atoms with Crippen molar-refractivity contribution in [2.45, 2.75) is 27.1 Å². The molecule has 1 aliphatic rings. The van der Waals surface area contributed by atoms with Gasteiger partial charge in [0.1, 0.15) is 6.61 Å². The van der Waals surface area contributed by atoms with Gasteiger partial charge >= 0.3 is 5.97 Å². The lowest BCUT2D eigenvalue weighted by Crippen LogP contribution is -2.15. The molecular weight excluding hydrogens is 483 g/mol. The summed E-state index contributed by atoms with van der Waals surface area (Å²) >= 11 is 6.48. The number of ether oxygens (including phenoxy) is 2.